The minimum absolute atomic E-state index is 0.0935. The van der Waals surface area contributed by atoms with E-state index in [1.807, 2.05) is 6.07 Å². The SMILES string of the molecule is CCOc1ccccc1C1C(=O)[N+](C(N)=O)(S(=O)(=O)c2ccsc2)c2ccc(C#N)cc21. The molecule has 1 aliphatic rings. The fourth-order valence-electron chi connectivity index (χ4n) is 4.03. The van der Waals surface area contributed by atoms with Crippen molar-refractivity contribution >= 4 is 39.0 Å². The molecule has 2 N–H and O–H groups in total. The van der Waals surface area contributed by atoms with E-state index in [2.05, 4.69) is 0 Å². The number of imide groups is 1. The van der Waals surface area contributed by atoms with Crippen molar-refractivity contribution in [3.05, 3.63) is 76.0 Å². The molecule has 2 aromatic carbocycles. The molecule has 0 aliphatic carbocycles. The summed E-state index contributed by atoms with van der Waals surface area (Å²) in [6, 6.07) is 12.8. The van der Waals surface area contributed by atoms with Gasteiger partial charge in [0.1, 0.15) is 16.6 Å². The van der Waals surface area contributed by atoms with Crippen molar-refractivity contribution in [1.29, 1.82) is 5.26 Å². The lowest BCUT2D eigenvalue weighted by molar-refractivity contribution is -0.123. The zero-order chi connectivity index (χ0) is 23.1. The summed E-state index contributed by atoms with van der Waals surface area (Å²) in [5.74, 6) is -1.75. The molecule has 0 saturated carbocycles. The number of primary amides is 1. The van der Waals surface area contributed by atoms with Crippen LogP contribution in [-0.4, -0.2) is 27.0 Å². The standard InChI is InChI=1S/C22H17N3O5S2/c1-2-30-19-6-4-3-5-16(19)20-17-11-14(12-23)7-8-18(17)25(21(20)26,22(24)27)32(28,29)15-9-10-31-13-15/h3-11,13,20H,2H2,1H3,(H-,24,27)/p+1. The van der Waals surface area contributed by atoms with E-state index in [1.165, 1.54) is 35.0 Å². The van der Waals surface area contributed by atoms with Crippen LogP contribution in [0.25, 0.3) is 0 Å². The van der Waals surface area contributed by atoms with Crippen molar-refractivity contribution in [1.82, 2.24) is 3.89 Å². The van der Waals surface area contributed by atoms with Gasteiger partial charge in [0.2, 0.25) is 0 Å². The summed E-state index contributed by atoms with van der Waals surface area (Å²) in [6.45, 7) is 2.09. The summed E-state index contributed by atoms with van der Waals surface area (Å²) in [7, 11) is -4.60. The van der Waals surface area contributed by atoms with E-state index in [0.29, 0.717) is 17.9 Å². The van der Waals surface area contributed by atoms with Crippen LogP contribution < -0.4 is 14.4 Å². The number of hydrogen-bond donors (Lipinski definition) is 1. The summed E-state index contributed by atoms with van der Waals surface area (Å²) in [5, 5.41) is 12.3. The lowest BCUT2D eigenvalue weighted by Gasteiger charge is -2.25. The van der Waals surface area contributed by atoms with Crippen LogP contribution in [0.4, 0.5) is 10.5 Å². The fourth-order valence-corrected chi connectivity index (χ4v) is 6.85. The Kier molecular flexibility index (Phi) is 5.34. The molecule has 3 aromatic rings. The van der Waals surface area contributed by atoms with Crippen LogP contribution in [-0.2, 0) is 14.8 Å². The van der Waals surface area contributed by atoms with E-state index < -0.39 is 31.8 Å². The van der Waals surface area contributed by atoms with Gasteiger partial charge in [-0.2, -0.15) is 25.0 Å². The van der Waals surface area contributed by atoms with Gasteiger partial charge in [0.05, 0.1) is 18.2 Å². The molecule has 1 aliphatic heterocycles. The van der Waals surface area contributed by atoms with Crippen molar-refractivity contribution in [2.45, 2.75) is 17.7 Å². The Labute approximate surface area is 188 Å². The van der Waals surface area contributed by atoms with Crippen molar-refractivity contribution in [2.24, 2.45) is 5.73 Å². The second kappa shape index (κ2) is 7.87. The molecular formula is C22H18N3O5S2+. The average molecular weight is 469 g/mol. The lowest BCUT2D eigenvalue weighted by Crippen LogP contribution is -2.63. The van der Waals surface area contributed by atoms with Gasteiger partial charge in [-0.1, -0.05) is 18.2 Å². The van der Waals surface area contributed by atoms with Crippen LogP contribution >= 0.6 is 11.3 Å². The van der Waals surface area contributed by atoms with E-state index in [4.69, 9.17) is 10.5 Å². The summed E-state index contributed by atoms with van der Waals surface area (Å²) in [4.78, 5) is 26.7. The Morgan fingerprint density at radius 1 is 1.22 bits per heavy atom. The van der Waals surface area contributed by atoms with E-state index in [1.54, 1.807) is 31.2 Å². The van der Waals surface area contributed by atoms with Crippen molar-refractivity contribution in [3.8, 4) is 11.8 Å². The Morgan fingerprint density at radius 2 is 1.97 bits per heavy atom. The Morgan fingerprint density at radius 3 is 2.59 bits per heavy atom. The van der Waals surface area contributed by atoms with Crippen LogP contribution in [0, 0.1) is 11.3 Å². The molecule has 8 nitrogen and oxygen atoms in total. The summed E-state index contributed by atoms with van der Waals surface area (Å²) in [5.41, 5.74) is 6.41. The predicted molar refractivity (Wildman–Crippen MR) is 119 cm³/mol. The first-order chi connectivity index (χ1) is 15.3. The predicted octanol–water partition coefficient (Wildman–Crippen LogP) is 3.47. The number of para-hydroxylation sites is 1. The molecule has 32 heavy (non-hydrogen) atoms. The number of urea groups is 1. The number of carbonyl (C=O) groups excluding carboxylic acids is 2. The third-order valence-electron chi connectivity index (χ3n) is 5.36. The van der Waals surface area contributed by atoms with Crippen molar-refractivity contribution < 1.29 is 22.7 Å². The maximum absolute atomic E-state index is 14.0. The number of nitriles is 1. The maximum atomic E-state index is 14.0. The first kappa shape index (κ1) is 21.7. The first-order valence-corrected chi connectivity index (χ1v) is 12.0. The highest BCUT2D eigenvalue weighted by Gasteiger charge is 2.67. The monoisotopic (exact) mass is 468 g/mol. The number of nitrogens with two attached hydrogens (primary N) is 1. The molecule has 4 rings (SSSR count). The highest BCUT2D eigenvalue weighted by Crippen LogP contribution is 2.51. The van der Waals surface area contributed by atoms with Crippen LogP contribution in [0.5, 0.6) is 5.75 Å². The number of carbonyl (C=O) groups is 2. The third kappa shape index (κ3) is 2.86. The lowest BCUT2D eigenvalue weighted by atomic mass is 9.91. The minimum Gasteiger partial charge on any atom is -0.494 e. The zero-order valence-corrected chi connectivity index (χ0v) is 18.5. The van der Waals surface area contributed by atoms with E-state index in [0.717, 1.165) is 11.3 Å². The van der Waals surface area contributed by atoms with Gasteiger partial charge in [-0.15, -0.1) is 0 Å². The van der Waals surface area contributed by atoms with Gasteiger partial charge >= 0.3 is 22.0 Å². The van der Waals surface area contributed by atoms with Gasteiger partial charge in [-0.05, 0) is 40.5 Å². The van der Waals surface area contributed by atoms with Gasteiger partial charge in [0.15, 0.2) is 5.69 Å². The van der Waals surface area contributed by atoms with Gasteiger partial charge in [0, 0.05) is 22.6 Å². The van der Waals surface area contributed by atoms with Gasteiger partial charge < -0.3 is 10.5 Å². The largest absolute Gasteiger partial charge is 0.494 e. The molecule has 0 spiro atoms. The van der Waals surface area contributed by atoms with Crippen molar-refractivity contribution in [2.75, 3.05) is 6.61 Å². The highest BCUT2D eigenvalue weighted by molar-refractivity contribution is 7.92. The van der Waals surface area contributed by atoms with Crippen LogP contribution in [0.3, 0.4) is 0 Å². The smallest absolute Gasteiger partial charge is 0.442 e. The molecule has 0 radical (unpaired) electrons. The quantitative estimate of drug-likeness (QED) is 0.571. The fraction of sp³-hybridized carbons (Fsp3) is 0.136. The molecule has 2 unspecified atom stereocenters. The molecule has 3 amide bonds. The summed E-state index contributed by atoms with van der Waals surface area (Å²) >= 11 is 1.11. The number of nitrogens with zero attached hydrogens (tertiary/aromatic N) is 2. The zero-order valence-electron chi connectivity index (χ0n) is 16.9. The topological polar surface area (TPSA) is 127 Å². The van der Waals surface area contributed by atoms with Gasteiger partial charge in [-0.25, -0.2) is 9.59 Å². The van der Waals surface area contributed by atoms with E-state index in [-0.39, 0.29) is 21.7 Å². The number of sulfonamides is 1. The maximum Gasteiger partial charge on any atom is 0.442 e. The van der Waals surface area contributed by atoms with Crippen LogP contribution in [0.1, 0.15) is 29.5 Å². The molecule has 2 heterocycles. The molecule has 0 saturated heterocycles. The van der Waals surface area contributed by atoms with Crippen LogP contribution in [0.15, 0.2) is 64.2 Å². The molecular weight excluding hydrogens is 450 g/mol. The second-order valence-corrected chi connectivity index (χ2v) is 9.76. The third-order valence-corrected chi connectivity index (χ3v) is 8.32. The number of rotatable bonds is 5. The highest BCUT2D eigenvalue weighted by atomic mass is 32.2. The Bertz CT molecular complexity index is 1380. The number of quaternary nitrogens is 1. The number of hydrogen-bond acceptors (Lipinski definition) is 7. The average Bonchev–Trinajstić information content (AvgIpc) is 3.39. The molecule has 10 heteroatoms. The molecule has 1 aromatic heterocycles. The number of ether oxygens (including phenoxy) is 1. The first-order valence-electron chi connectivity index (χ1n) is 9.57. The molecule has 162 valence electrons. The van der Waals surface area contributed by atoms with Crippen LogP contribution in [0.2, 0.25) is 0 Å². The number of thiophene rings is 1. The molecule has 2 atom stereocenters. The number of amides is 3. The van der Waals surface area contributed by atoms with Gasteiger partial charge in [-0.3, -0.25) is 0 Å². The Hall–Kier alpha value is -3.52. The normalized spacial score (nSPS) is 19.9. The van der Waals surface area contributed by atoms with Gasteiger partial charge in [0.25, 0.3) is 0 Å². The molecule has 0 bridgehead atoms. The minimum atomic E-state index is -4.60. The molecule has 0 fully saturated rings. The van der Waals surface area contributed by atoms with E-state index in [9.17, 15) is 23.3 Å². The number of benzene rings is 2. The van der Waals surface area contributed by atoms with E-state index >= 15 is 0 Å². The Balaban J connectivity index is 2.09. The summed E-state index contributed by atoms with van der Waals surface area (Å²) < 4.78 is 31.4. The second-order valence-electron chi connectivity index (χ2n) is 7.01. The summed E-state index contributed by atoms with van der Waals surface area (Å²) in [6.07, 6.45) is 0. The number of fused-ring (bicyclic) bond motifs is 1. The van der Waals surface area contributed by atoms with Crippen molar-refractivity contribution in [3.63, 3.8) is 0 Å².